The van der Waals surface area contributed by atoms with Crippen LogP contribution in [0.25, 0.3) is 22.2 Å². The Bertz CT molecular complexity index is 1580. The molecule has 0 aliphatic heterocycles. The quantitative estimate of drug-likeness (QED) is 0.151. The van der Waals surface area contributed by atoms with Gasteiger partial charge in [0, 0.05) is 55.8 Å². The number of amides is 2. The summed E-state index contributed by atoms with van der Waals surface area (Å²) in [6.45, 7) is 15.8. The van der Waals surface area contributed by atoms with Crippen LogP contribution in [0.1, 0.15) is 75.3 Å². The minimum atomic E-state index is -1.31. The Kier molecular flexibility index (Phi) is 10.7. The van der Waals surface area contributed by atoms with Crippen LogP contribution in [0.3, 0.4) is 0 Å². The van der Waals surface area contributed by atoms with E-state index in [1.54, 1.807) is 12.3 Å². The van der Waals surface area contributed by atoms with Gasteiger partial charge >= 0.3 is 6.09 Å². The van der Waals surface area contributed by atoms with E-state index in [0.29, 0.717) is 36.0 Å². The fourth-order valence-electron chi connectivity index (χ4n) is 6.01. The van der Waals surface area contributed by atoms with E-state index >= 15 is 0 Å². The average Bonchev–Trinajstić information content (AvgIpc) is 3.76. The first-order chi connectivity index (χ1) is 22.2. The van der Waals surface area contributed by atoms with Crippen LogP contribution in [0.2, 0.25) is 25.7 Å². The van der Waals surface area contributed by atoms with Crippen LogP contribution in [0.4, 0.5) is 9.18 Å². The molecule has 0 bridgehead atoms. The van der Waals surface area contributed by atoms with E-state index < -0.39 is 19.8 Å². The third-order valence-corrected chi connectivity index (χ3v) is 10.5. The fourth-order valence-corrected chi connectivity index (χ4v) is 6.77. The maximum Gasteiger partial charge on any atom is 0.407 e. The van der Waals surface area contributed by atoms with E-state index in [0.717, 1.165) is 66.9 Å². The lowest BCUT2D eigenvalue weighted by Crippen LogP contribution is -2.45. The lowest BCUT2D eigenvalue weighted by atomic mass is 9.91. The molecule has 0 spiro atoms. The molecule has 0 saturated heterocycles. The second kappa shape index (κ2) is 14.4. The van der Waals surface area contributed by atoms with Crippen molar-refractivity contribution in [3.05, 3.63) is 47.5 Å². The minimum absolute atomic E-state index is 0.00576. The van der Waals surface area contributed by atoms with Gasteiger partial charge in [0.05, 0.1) is 17.7 Å². The van der Waals surface area contributed by atoms with Crippen molar-refractivity contribution in [3.63, 3.8) is 0 Å². The summed E-state index contributed by atoms with van der Waals surface area (Å²) in [6, 6.07) is 7.52. The van der Waals surface area contributed by atoms with Crippen LogP contribution in [-0.4, -0.2) is 60.5 Å². The minimum Gasteiger partial charge on any atom is -0.493 e. The molecular weight excluding hydrogens is 616 g/mol. The van der Waals surface area contributed by atoms with Crippen molar-refractivity contribution in [1.82, 2.24) is 20.2 Å². The molecule has 5 rings (SSSR count). The van der Waals surface area contributed by atoms with Crippen LogP contribution in [0, 0.1) is 18.7 Å². The zero-order valence-electron chi connectivity index (χ0n) is 29.0. The number of pyridine rings is 1. The highest BCUT2D eigenvalue weighted by molar-refractivity contribution is 6.76. The van der Waals surface area contributed by atoms with Crippen LogP contribution >= 0.6 is 0 Å². The number of halogens is 1. The van der Waals surface area contributed by atoms with Gasteiger partial charge in [-0.05, 0) is 96.4 Å². The molecule has 0 unspecified atom stereocenters. The molecule has 2 heterocycles. The number of nitrogens with one attached hydrogen (secondary N) is 2. The molecule has 2 N–H and O–H groups in total. The third-order valence-electron chi connectivity index (χ3n) is 8.83. The standard InChI is InChI=1S/C36H51FN4O5Si/c1-23-31(34(42)39-26-11-13-27(14-12-26)40-35(43)46-36(2,3)4)32-33(41(23)22-44-18-19-47(5,6)7)29(16-17-38-32)28-15-10-25(37)20-30(28)45-21-24-8-9-24/h10,15-17,20,24,26-27H,8-9,11-14,18-19,21-22H2,1-7H3,(H,39,42)(H,40,43). The number of ether oxygens (including phenoxy) is 3. The Morgan fingerprint density at radius 3 is 2.32 bits per heavy atom. The highest BCUT2D eigenvalue weighted by atomic mass is 28.3. The van der Waals surface area contributed by atoms with Gasteiger partial charge in [0.25, 0.3) is 5.91 Å². The predicted octanol–water partition coefficient (Wildman–Crippen LogP) is 7.82. The van der Waals surface area contributed by atoms with E-state index in [-0.39, 0.29) is 30.5 Å². The van der Waals surface area contributed by atoms with Gasteiger partial charge in [-0.2, -0.15) is 0 Å². The Labute approximate surface area is 279 Å². The molecule has 2 aliphatic rings. The van der Waals surface area contributed by atoms with Gasteiger partial charge in [-0.15, -0.1) is 0 Å². The zero-order valence-corrected chi connectivity index (χ0v) is 30.0. The Hall–Kier alpha value is -3.44. The van der Waals surface area contributed by atoms with E-state index in [1.807, 2.05) is 38.3 Å². The van der Waals surface area contributed by atoms with Gasteiger partial charge < -0.3 is 29.4 Å². The molecule has 0 atom stereocenters. The summed E-state index contributed by atoms with van der Waals surface area (Å²) in [5.74, 6) is 0.443. The highest BCUT2D eigenvalue weighted by Gasteiger charge is 2.30. The molecular formula is C36H51FN4O5Si. The number of carbonyl (C=O) groups is 2. The van der Waals surface area contributed by atoms with E-state index in [2.05, 4.69) is 30.3 Å². The smallest absolute Gasteiger partial charge is 0.407 e. The second-order valence-corrected chi connectivity index (χ2v) is 21.0. The first-order valence-electron chi connectivity index (χ1n) is 17.0. The lowest BCUT2D eigenvalue weighted by Gasteiger charge is -2.30. The Balaban J connectivity index is 1.41. The fraction of sp³-hybridized carbons (Fsp3) is 0.583. The molecule has 47 heavy (non-hydrogen) atoms. The molecule has 3 aromatic rings. The number of rotatable bonds is 12. The molecule has 2 aliphatic carbocycles. The maximum atomic E-state index is 14.5. The van der Waals surface area contributed by atoms with Crippen molar-refractivity contribution in [2.75, 3.05) is 13.2 Å². The van der Waals surface area contributed by atoms with Crippen molar-refractivity contribution >= 4 is 31.1 Å². The van der Waals surface area contributed by atoms with Gasteiger partial charge in [0.2, 0.25) is 0 Å². The number of aromatic nitrogens is 2. The van der Waals surface area contributed by atoms with Crippen LogP contribution in [0.15, 0.2) is 30.5 Å². The topological polar surface area (TPSA) is 104 Å². The van der Waals surface area contributed by atoms with Gasteiger partial charge in [0.15, 0.2) is 0 Å². The number of alkyl carbamates (subject to hydrolysis) is 1. The van der Waals surface area contributed by atoms with Gasteiger partial charge in [-0.1, -0.05) is 19.6 Å². The summed E-state index contributed by atoms with van der Waals surface area (Å²) < 4.78 is 34.3. The molecule has 2 saturated carbocycles. The van der Waals surface area contributed by atoms with Crippen LogP contribution < -0.4 is 15.4 Å². The maximum absolute atomic E-state index is 14.5. The summed E-state index contributed by atoms with van der Waals surface area (Å²) in [4.78, 5) is 31.0. The molecule has 256 valence electrons. The summed E-state index contributed by atoms with van der Waals surface area (Å²) in [5, 5.41) is 6.22. The normalized spacial score (nSPS) is 18.6. The molecule has 2 amide bonds. The van der Waals surface area contributed by atoms with Gasteiger partial charge in [-0.3, -0.25) is 9.78 Å². The molecule has 9 nitrogen and oxygen atoms in total. The number of hydrogen-bond donors (Lipinski definition) is 2. The average molecular weight is 667 g/mol. The largest absolute Gasteiger partial charge is 0.493 e. The highest BCUT2D eigenvalue weighted by Crippen LogP contribution is 2.39. The van der Waals surface area contributed by atoms with E-state index in [1.165, 1.54) is 12.1 Å². The van der Waals surface area contributed by atoms with Crippen molar-refractivity contribution in [2.24, 2.45) is 5.92 Å². The molecule has 0 radical (unpaired) electrons. The second-order valence-electron chi connectivity index (χ2n) is 15.4. The Morgan fingerprint density at radius 2 is 1.68 bits per heavy atom. The zero-order chi connectivity index (χ0) is 33.9. The molecule has 1 aromatic carbocycles. The summed E-state index contributed by atoms with van der Waals surface area (Å²) in [6.07, 6.45) is 6.50. The number of fused-ring (bicyclic) bond motifs is 1. The first kappa shape index (κ1) is 34.9. The molecule has 2 fully saturated rings. The summed E-state index contributed by atoms with van der Waals surface area (Å²) in [7, 11) is -1.31. The van der Waals surface area contributed by atoms with Gasteiger partial charge in [0.1, 0.15) is 29.4 Å². The predicted molar refractivity (Wildman–Crippen MR) is 185 cm³/mol. The van der Waals surface area contributed by atoms with Crippen molar-refractivity contribution in [2.45, 2.75) is 116 Å². The SMILES string of the molecule is Cc1c(C(=O)NC2CCC(NC(=O)OC(C)(C)C)CC2)c2nccc(-c3ccc(F)cc3OCC3CC3)c2n1COCC[Si](C)(C)C. The van der Waals surface area contributed by atoms with Crippen molar-refractivity contribution in [1.29, 1.82) is 0 Å². The van der Waals surface area contributed by atoms with E-state index in [9.17, 15) is 14.0 Å². The van der Waals surface area contributed by atoms with Crippen molar-refractivity contribution in [3.8, 4) is 16.9 Å². The monoisotopic (exact) mass is 666 g/mol. The number of hydrogen-bond acceptors (Lipinski definition) is 6. The molecule has 11 heteroatoms. The third kappa shape index (κ3) is 9.34. The van der Waals surface area contributed by atoms with Crippen LogP contribution in [-0.2, 0) is 16.2 Å². The van der Waals surface area contributed by atoms with Crippen molar-refractivity contribution < 1.29 is 28.2 Å². The number of carbonyl (C=O) groups excluding carboxylic acids is 2. The first-order valence-corrected chi connectivity index (χ1v) is 20.7. The number of nitrogens with zero attached hydrogens (tertiary/aromatic N) is 2. The van der Waals surface area contributed by atoms with Crippen LogP contribution in [0.5, 0.6) is 5.75 Å². The van der Waals surface area contributed by atoms with E-state index in [4.69, 9.17) is 19.2 Å². The van der Waals surface area contributed by atoms with Gasteiger partial charge in [-0.25, -0.2) is 9.18 Å². The summed E-state index contributed by atoms with van der Waals surface area (Å²) in [5.41, 5.74) is 3.61. The lowest BCUT2D eigenvalue weighted by molar-refractivity contribution is 0.0487. The molecule has 2 aromatic heterocycles. The summed E-state index contributed by atoms with van der Waals surface area (Å²) >= 11 is 0. The Morgan fingerprint density at radius 1 is 1.00 bits per heavy atom. The number of benzene rings is 1.